The largest absolute Gasteiger partial charge is 0.258 e. The highest BCUT2D eigenvalue weighted by molar-refractivity contribution is 6.03. The van der Waals surface area contributed by atoms with Crippen molar-refractivity contribution in [3.8, 4) is 0 Å². The fourth-order valence-corrected chi connectivity index (χ4v) is 2.17. The third-order valence-corrected chi connectivity index (χ3v) is 3.48. The first-order valence-electron chi connectivity index (χ1n) is 7.08. The highest BCUT2D eigenvalue weighted by Gasteiger charge is 1.99. The van der Waals surface area contributed by atoms with Gasteiger partial charge in [0, 0.05) is 35.6 Å². The monoisotopic (exact) mass is 288 g/mol. The van der Waals surface area contributed by atoms with Crippen LogP contribution in [-0.2, 0) is 0 Å². The smallest absolute Gasteiger partial charge is 0.0795 e. The number of aromatic nitrogens is 4. The number of rotatable bonds is 0. The molecule has 0 amide bonds. The Morgan fingerprint density at radius 2 is 1.32 bits per heavy atom. The van der Waals surface area contributed by atoms with E-state index in [9.17, 15) is 0 Å². The Hall–Kier alpha value is -2.88. The number of hydrogen-bond acceptors (Lipinski definition) is 4. The molecular formula is C18H16N4. The van der Waals surface area contributed by atoms with E-state index < -0.39 is 0 Å². The van der Waals surface area contributed by atoms with Gasteiger partial charge in [-0.2, -0.15) is 0 Å². The molecule has 0 spiro atoms. The number of pyridine rings is 2. The van der Waals surface area contributed by atoms with Crippen molar-refractivity contribution in [2.75, 3.05) is 0 Å². The molecule has 0 radical (unpaired) electrons. The van der Waals surface area contributed by atoms with Gasteiger partial charge in [0.1, 0.15) is 0 Å². The molecule has 4 rings (SSSR count). The lowest BCUT2D eigenvalue weighted by Crippen LogP contribution is -1.87. The predicted octanol–water partition coefficient (Wildman–Crippen LogP) is 3.88. The minimum Gasteiger partial charge on any atom is -0.258 e. The molecule has 22 heavy (non-hydrogen) atoms. The van der Waals surface area contributed by atoms with Crippen LogP contribution in [0.4, 0.5) is 0 Å². The van der Waals surface area contributed by atoms with Gasteiger partial charge in [0.25, 0.3) is 0 Å². The van der Waals surface area contributed by atoms with Gasteiger partial charge in [-0.1, -0.05) is 12.1 Å². The molecule has 0 saturated carbocycles. The second-order valence-electron chi connectivity index (χ2n) is 4.94. The number of nitrogens with zero attached hydrogens (tertiary/aromatic N) is 4. The van der Waals surface area contributed by atoms with E-state index in [2.05, 4.69) is 38.1 Å². The second kappa shape index (κ2) is 6.26. The summed E-state index contributed by atoms with van der Waals surface area (Å²) in [4.78, 5) is 16.7. The first-order chi connectivity index (χ1) is 10.8. The van der Waals surface area contributed by atoms with Gasteiger partial charge in [-0.25, -0.2) is 0 Å². The molecule has 4 aromatic rings. The number of fused-ring (bicyclic) bond motifs is 3. The summed E-state index contributed by atoms with van der Waals surface area (Å²) in [6.45, 7) is 3.89. The predicted molar refractivity (Wildman–Crippen MR) is 88.6 cm³/mol. The molecule has 3 aromatic heterocycles. The molecule has 0 aliphatic carbocycles. The molecule has 0 aliphatic heterocycles. The van der Waals surface area contributed by atoms with E-state index in [1.54, 1.807) is 18.6 Å². The summed E-state index contributed by atoms with van der Waals surface area (Å²) in [6, 6.07) is 12.1. The summed E-state index contributed by atoms with van der Waals surface area (Å²) in [6.07, 6.45) is 7.01. The molecule has 1 aromatic carbocycles. The summed E-state index contributed by atoms with van der Waals surface area (Å²) >= 11 is 0. The van der Waals surface area contributed by atoms with Crippen molar-refractivity contribution in [1.82, 2.24) is 19.9 Å². The van der Waals surface area contributed by atoms with Crippen LogP contribution in [0, 0.1) is 13.8 Å². The van der Waals surface area contributed by atoms with Gasteiger partial charge >= 0.3 is 0 Å². The highest BCUT2D eigenvalue weighted by atomic mass is 14.8. The molecule has 0 N–H and O–H groups in total. The minimum atomic E-state index is 0.999. The zero-order valence-corrected chi connectivity index (χ0v) is 12.6. The number of aryl methyl sites for hydroxylation is 2. The van der Waals surface area contributed by atoms with Crippen molar-refractivity contribution < 1.29 is 0 Å². The molecule has 4 heteroatoms. The van der Waals surface area contributed by atoms with Crippen LogP contribution in [-0.4, -0.2) is 19.9 Å². The number of benzene rings is 1. The van der Waals surface area contributed by atoms with Gasteiger partial charge in [0.05, 0.1) is 22.4 Å². The molecule has 4 nitrogen and oxygen atoms in total. The van der Waals surface area contributed by atoms with Crippen LogP contribution >= 0.6 is 0 Å². The first kappa shape index (κ1) is 14.1. The number of hydrogen-bond donors (Lipinski definition) is 0. The van der Waals surface area contributed by atoms with Crippen LogP contribution in [0.3, 0.4) is 0 Å². The molecule has 0 saturated heterocycles. The second-order valence-corrected chi connectivity index (χ2v) is 4.94. The Bertz CT molecular complexity index is 843. The topological polar surface area (TPSA) is 51.6 Å². The molecule has 0 unspecified atom stereocenters. The van der Waals surface area contributed by atoms with E-state index in [-0.39, 0.29) is 0 Å². The third-order valence-electron chi connectivity index (χ3n) is 3.48. The fourth-order valence-electron chi connectivity index (χ4n) is 2.17. The van der Waals surface area contributed by atoms with Gasteiger partial charge < -0.3 is 0 Å². The molecule has 108 valence electrons. The van der Waals surface area contributed by atoms with E-state index in [4.69, 9.17) is 0 Å². The van der Waals surface area contributed by atoms with E-state index in [1.807, 2.05) is 38.2 Å². The quantitative estimate of drug-likeness (QED) is 0.461. The maximum Gasteiger partial charge on any atom is 0.0795 e. The SMILES string of the molecule is Cc1nccnc1C.c1cnc2c(c1)ccc1ncccc12. The zero-order chi connectivity index (χ0) is 15.4. The van der Waals surface area contributed by atoms with E-state index >= 15 is 0 Å². The van der Waals surface area contributed by atoms with Crippen molar-refractivity contribution in [2.24, 2.45) is 0 Å². The van der Waals surface area contributed by atoms with Crippen molar-refractivity contribution in [2.45, 2.75) is 13.8 Å². The first-order valence-corrected chi connectivity index (χ1v) is 7.08. The van der Waals surface area contributed by atoms with Crippen molar-refractivity contribution in [3.63, 3.8) is 0 Å². The third kappa shape index (κ3) is 2.91. The van der Waals surface area contributed by atoms with Gasteiger partial charge in [-0.05, 0) is 38.1 Å². The maximum absolute atomic E-state index is 4.37. The molecule has 0 atom stereocenters. The Morgan fingerprint density at radius 1 is 0.636 bits per heavy atom. The van der Waals surface area contributed by atoms with E-state index in [1.165, 1.54) is 0 Å². The zero-order valence-electron chi connectivity index (χ0n) is 12.6. The van der Waals surface area contributed by atoms with Crippen LogP contribution in [0.2, 0.25) is 0 Å². The summed E-state index contributed by atoms with van der Waals surface area (Å²) in [5.41, 5.74) is 4.04. The fraction of sp³-hybridized carbons (Fsp3) is 0.111. The molecule has 3 heterocycles. The molecule has 0 aliphatic rings. The minimum absolute atomic E-state index is 0.999. The average molecular weight is 288 g/mol. The van der Waals surface area contributed by atoms with Crippen LogP contribution in [0.1, 0.15) is 11.4 Å². The van der Waals surface area contributed by atoms with Crippen LogP contribution in [0.25, 0.3) is 21.8 Å². The Balaban J connectivity index is 0.000000154. The lowest BCUT2D eigenvalue weighted by Gasteiger charge is -2.00. The summed E-state index contributed by atoms with van der Waals surface area (Å²) in [7, 11) is 0. The van der Waals surface area contributed by atoms with Crippen molar-refractivity contribution in [3.05, 3.63) is 72.6 Å². The summed E-state index contributed by atoms with van der Waals surface area (Å²) in [5, 5.41) is 2.28. The van der Waals surface area contributed by atoms with Crippen molar-refractivity contribution in [1.29, 1.82) is 0 Å². The Morgan fingerprint density at radius 3 is 2.05 bits per heavy atom. The Labute approximate surface area is 128 Å². The van der Waals surface area contributed by atoms with Gasteiger partial charge in [0.2, 0.25) is 0 Å². The normalized spacial score (nSPS) is 10.3. The van der Waals surface area contributed by atoms with E-state index in [0.29, 0.717) is 0 Å². The average Bonchev–Trinajstić information content (AvgIpc) is 2.58. The van der Waals surface area contributed by atoms with Gasteiger partial charge in [0.15, 0.2) is 0 Å². The van der Waals surface area contributed by atoms with E-state index in [0.717, 1.165) is 33.2 Å². The summed E-state index contributed by atoms with van der Waals surface area (Å²) < 4.78 is 0. The van der Waals surface area contributed by atoms with Gasteiger partial charge in [-0.15, -0.1) is 0 Å². The van der Waals surface area contributed by atoms with Gasteiger partial charge in [-0.3, -0.25) is 19.9 Å². The van der Waals surface area contributed by atoms with Crippen LogP contribution < -0.4 is 0 Å². The lowest BCUT2D eigenvalue weighted by atomic mass is 10.1. The highest BCUT2D eigenvalue weighted by Crippen LogP contribution is 2.20. The Kier molecular flexibility index (Phi) is 4.01. The molecular weight excluding hydrogens is 272 g/mol. The lowest BCUT2D eigenvalue weighted by molar-refractivity contribution is 1.05. The summed E-state index contributed by atoms with van der Waals surface area (Å²) in [5.74, 6) is 0. The van der Waals surface area contributed by atoms with Crippen LogP contribution in [0.5, 0.6) is 0 Å². The standard InChI is InChI=1S/C12H8N2.C6H8N2/c1-3-9-5-6-11-10(4-2-7-13-11)12(9)14-8-1;1-5-6(2)8-4-3-7-5/h1-8H;3-4H,1-2H3. The van der Waals surface area contributed by atoms with Crippen LogP contribution in [0.15, 0.2) is 61.2 Å². The molecule has 0 fully saturated rings. The maximum atomic E-state index is 4.37. The van der Waals surface area contributed by atoms with Crippen molar-refractivity contribution >= 4 is 21.8 Å². The molecule has 0 bridgehead atoms.